The van der Waals surface area contributed by atoms with E-state index in [1.807, 2.05) is 0 Å². The highest BCUT2D eigenvalue weighted by Gasteiger charge is 2.34. The van der Waals surface area contributed by atoms with Crippen LogP contribution in [0.15, 0.2) is 36.4 Å². The molecule has 1 unspecified atom stereocenters. The smallest absolute Gasteiger partial charge is 0.417 e. The normalized spacial score (nSPS) is 12.2. The van der Waals surface area contributed by atoms with Crippen LogP contribution in [-0.4, -0.2) is 29.7 Å². The van der Waals surface area contributed by atoms with Crippen molar-refractivity contribution in [2.24, 2.45) is 0 Å². The predicted molar refractivity (Wildman–Crippen MR) is 107 cm³/mol. The van der Waals surface area contributed by atoms with E-state index in [1.165, 1.54) is 6.92 Å². The molecule has 0 spiro atoms. The number of hydrogen-bond donors (Lipinski definition) is 3. The quantitative estimate of drug-likeness (QED) is 0.546. The lowest BCUT2D eigenvalue weighted by molar-refractivity contribution is -0.142. The number of amides is 1. The standard InChI is InChI=1S/C20H20ClF3N2O4/c1-3-30-18(28)8-12-4-6-13(7-5-12)25-17-10-15(21)14(20(22,23)24)9-16(17)26-19(29)11(2)27/h4-7,9-11,25,27H,3,8H2,1-2H3,(H,26,29). The number of alkyl halides is 3. The molecular weight excluding hydrogens is 425 g/mol. The van der Waals surface area contributed by atoms with Crippen molar-refractivity contribution in [3.8, 4) is 0 Å². The van der Waals surface area contributed by atoms with Gasteiger partial charge in [-0.1, -0.05) is 23.7 Å². The van der Waals surface area contributed by atoms with Crippen molar-refractivity contribution >= 4 is 40.5 Å². The van der Waals surface area contributed by atoms with Gasteiger partial charge in [-0.05, 0) is 43.7 Å². The van der Waals surface area contributed by atoms with Gasteiger partial charge in [0, 0.05) is 5.69 Å². The van der Waals surface area contributed by atoms with Gasteiger partial charge in [-0.15, -0.1) is 0 Å². The van der Waals surface area contributed by atoms with Crippen LogP contribution in [0.25, 0.3) is 0 Å². The van der Waals surface area contributed by atoms with E-state index in [1.54, 1.807) is 31.2 Å². The molecule has 0 saturated heterocycles. The van der Waals surface area contributed by atoms with E-state index >= 15 is 0 Å². The van der Waals surface area contributed by atoms with E-state index in [4.69, 9.17) is 16.3 Å². The van der Waals surface area contributed by atoms with Crippen LogP contribution >= 0.6 is 11.6 Å². The summed E-state index contributed by atoms with van der Waals surface area (Å²) < 4.78 is 44.4. The molecule has 0 saturated carbocycles. The molecule has 2 aromatic carbocycles. The third-order valence-corrected chi connectivity index (χ3v) is 4.25. The Balaban J connectivity index is 2.32. The van der Waals surface area contributed by atoms with Crippen LogP contribution in [0.5, 0.6) is 0 Å². The van der Waals surface area contributed by atoms with E-state index in [2.05, 4.69) is 10.6 Å². The molecule has 162 valence electrons. The maximum atomic E-state index is 13.2. The zero-order valence-electron chi connectivity index (χ0n) is 16.1. The number of rotatable bonds is 7. The number of ether oxygens (including phenoxy) is 1. The van der Waals surface area contributed by atoms with Gasteiger partial charge in [-0.2, -0.15) is 13.2 Å². The fourth-order valence-corrected chi connectivity index (χ4v) is 2.75. The molecule has 0 fully saturated rings. The first-order valence-electron chi connectivity index (χ1n) is 8.92. The van der Waals surface area contributed by atoms with Crippen LogP contribution in [-0.2, 0) is 26.9 Å². The highest BCUT2D eigenvalue weighted by Crippen LogP contribution is 2.40. The summed E-state index contributed by atoms with van der Waals surface area (Å²) in [6, 6.07) is 8.26. The van der Waals surface area contributed by atoms with Gasteiger partial charge in [-0.3, -0.25) is 9.59 Å². The third kappa shape index (κ3) is 6.36. The van der Waals surface area contributed by atoms with Gasteiger partial charge < -0.3 is 20.5 Å². The first kappa shape index (κ1) is 23.5. The Hall–Kier alpha value is -2.78. The molecule has 0 bridgehead atoms. The zero-order valence-corrected chi connectivity index (χ0v) is 16.9. The summed E-state index contributed by atoms with van der Waals surface area (Å²) in [6.45, 7) is 3.16. The Morgan fingerprint density at radius 1 is 1.17 bits per heavy atom. The average Bonchev–Trinajstić information content (AvgIpc) is 2.64. The third-order valence-electron chi connectivity index (χ3n) is 3.94. The van der Waals surface area contributed by atoms with E-state index in [0.717, 1.165) is 6.07 Å². The van der Waals surface area contributed by atoms with Crippen molar-refractivity contribution in [1.29, 1.82) is 0 Å². The lowest BCUT2D eigenvalue weighted by atomic mass is 10.1. The first-order chi connectivity index (χ1) is 14.0. The monoisotopic (exact) mass is 444 g/mol. The summed E-state index contributed by atoms with van der Waals surface area (Å²) in [5.41, 5.74) is -0.0631. The van der Waals surface area contributed by atoms with Crippen LogP contribution in [0.1, 0.15) is 25.0 Å². The fourth-order valence-electron chi connectivity index (χ4n) is 2.47. The summed E-state index contributed by atoms with van der Waals surface area (Å²) in [7, 11) is 0. The number of aliphatic hydroxyl groups excluding tert-OH is 1. The van der Waals surface area contributed by atoms with E-state index in [9.17, 15) is 27.9 Å². The number of esters is 1. The Bertz CT molecular complexity index is 916. The molecule has 6 nitrogen and oxygen atoms in total. The van der Waals surface area contributed by atoms with Crippen molar-refractivity contribution in [2.75, 3.05) is 17.2 Å². The van der Waals surface area contributed by atoms with Gasteiger partial charge in [-0.25, -0.2) is 0 Å². The zero-order chi connectivity index (χ0) is 22.5. The molecule has 3 N–H and O–H groups in total. The Morgan fingerprint density at radius 2 is 1.80 bits per heavy atom. The number of nitrogens with one attached hydrogen (secondary N) is 2. The van der Waals surface area contributed by atoms with Crippen LogP contribution in [0.3, 0.4) is 0 Å². The highest BCUT2D eigenvalue weighted by atomic mass is 35.5. The minimum Gasteiger partial charge on any atom is -0.466 e. The molecule has 0 aromatic heterocycles. The molecule has 0 heterocycles. The Morgan fingerprint density at radius 3 is 2.33 bits per heavy atom. The van der Waals surface area contributed by atoms with Crippen LogP contribution in [0, 0.1) is 0 Å². The van der Waals surface area contributed by atoms with Crippen molar-refractivity contribution in [1.82, 2.24) is 0 Å². The Labute approximate surface area is 176 Å². The van der Waals surface area contributed by atoms with Crippen molar-refractivity contribution in [3.05, 3.63) is 52.5 Å². The summed E-state index contributed by atoms with van der Waals surface area (Å²) in [5, 5.41) is 13.9. The van der Waals surface area contributed by atoms with E-state index in [-0.39, 0.29) is 30.4 Å². The molecule has 2 rings (SSSR count). The maximum absolute atomic E-state index is 13.2. The second-order valence-corrected chi connectivity index (χ2v) is 6.75. The second-order valence-electron chi connectivity index (χ2n) is 6.34. The molecule has 1 amide bonds. The van der Waals surface area contributed by atoms with Gasteiger partial charge in [0.05, 0.1) is 35.0 Å². The molecule has 30 heavy (non-hydrogen) atoms. The number of hydrogen-bond acceptors (Lipinski definition) is 5. The number of carbonyl (C=O) groups is 2. The molecule has 0 aliphatic rings. The number of halogens is 4. The van der Waals surface area contributed by atoms with Gasteiger partial charge in [0.1, 0.15) is 6.10 Å². The van der Waals surface area contributed by atoms with Crippen LogP contribution in [0.4, 0.5) is 30.2 Å². The molecular formula is C20H20ClF3N2O4. The predicted octanol–water partition coefficient (Wildman–Crippen LogP) is 4.53. The highest BCUT2D eigenvalue weighted by molar-refractivity contribution is 6.32. The van der Waals surface area contributed by atoms with E-state index in [0.29, 0.717) is 17.3 Å². The van der Waals surface area contributed by atoms with Gasteiger partial charge >= 0.3 is 12.1 Å². The number of benzene rings is 2. The van der Waals surface area contributed by atoms with Crippen molar-refractivity contribution in [3.63, 3.8) is 0 Å². The van der Waals surface area contributed by atoms with Gasteiger partial charge in [0.25, 0.3) is 5.91 Å². The summed E-state index contributed by atoms with van der Waals surface area (Å²) in [6.07, 6.45) is -6.07. The summed E-state index contributed by atoms with van der Waals surface area (Å²) in [4.78, 5) is 23.4. The number of aliphatic hydroxyl groups is 1. The summed E-state index contributed by atoms with van der Waals surface area (Å²) >= 11 is 5.79. The number of carbonyl (C=O) groups excluding carboxylic acids is 2. The molecule has 2 aromatic rings. The molecule has 1 atom stereocenters. The Kier molecular flexibility index (Phi) is 7.69. The SMILES string of the molecule is CCOC(=O)Cc1ccc(Nc2cc(Cl)c(C(F)(F)F)cc2NC(=O)C(C)O)cc1. The molecule has 0 aliphatic carbocycles. The minimum absolute atomic E-state index is 0.0793. The van der Waals surface area contributed by atoms with Crippen LogP contribution < -0.4 is 10.6 Å². The lowest BCUT2D eigenvalue weighted by Gasteiger charge is -2.18. The number of anilines is 3. The average molecular weight is 445 g/mol. The fraction of sp³-hybridized carbons (Fsp3) is 0.300. The minimum atomic E-state index is -4.73. The molecule has 10 heteroatoms. The van der Waals surface area contributed by atoms with Crippen molar-refractivity contribution in [2.45, 2.75) is 32.5 Å². The van der Waals surface area contributed by atoms with Gasteiger partial charge in [0.15, 0.2) is 0 Å². The summed E-state index contributed by atoms with van der Waals surface area (Å²) in [5.74, 6) is -1.26. The molecule has 0 radical (unpaired) electrons. The second kappa shape index (κ2) is 9.82. The molecule has 0 aliphatic heterocycles. The van der Waals surface area contributed by atoms with Crippen molar-refractivity contribution < 1.29 is 32.6 Å². The van der Waals surface area contributed by atoms with Gasteiger partial charge in [0.2, 0.25) is 0 Å². The topological polar surface area (TPSA) is 87.7 Å². The largest absolute Gasteiger partial charge is 0.466 e. The first-order valence-corrected chi connectivity index (χ1v) is 9.30. The lowest BCUT2D eigenvalue weighted by Crippen LogP contribution is -2.25. The maximum Gasteiger partial charge on any atom is 0.417 e. The van der Waals surface area contributed by atoms with Crippen LogP contribution in [0.2, 0.25) is 5.02 Å². The van der Waals surface area contributed by atoms with E-state index < -0.39 is 28.8 Å².